The van der Waals surface area contributed by atoms with Crippen LogP contribution in [0, 0.1) is 6.92 Å². The van der Waals surface area contributed by atoms with Crippen LogP contribution in [0.1, 0.15) is 49.9 Å². The van der Waals surface area contributed by atoms with Crippen LogP contribution in [0.4, 0.5) is 0 Å². The lowest BCUT2D eigenvalue weighted by atomic mass is 9.85. The van der Waals surface area contributed by atoms with Gasteiger partial charge in [0.05, 0.1) is 17.4 Å². The molecule has 1 unspecified atom stereocenters. The van der Waals surface area contributed by atoms with Gasteiger partial charge in [-0.1, -0.05) is 25.7 Å². The van der Waals surface area contributed by atoms with Crippen molar-refractivity contribution in [1.82, 2.24) is 9.78 Å². The average molecular weight is 266 g/mol. The second kappa shape index (κ2) is 6.06. The lowest BCUT2D eigenvalue weighted by molar-refractivity contribution is -0.111. The molecule has 4 heteroatoms. The molecule has 0 spiro atoms. The van der Waals surface area contributed by atoms with Gasteiger partial charge in [0.25, 0.3) is 0 Å². The van der Waals surface area contributed by atoms with E-state index in [9.17, 15) is 5.11 Å². The third-order valence-corrected chi connectivity index (χ3v) is 4.47. The van der Waals surface area contributed by atoms with Crippen molar-refractivity contribution in [3.05, 3.63) is 17.5 Å². The summed E-state index contributed by atoms with van der Waals surface area (Å²) in [5.41, 5.74) is 1.71. The summed E-state index contributed by atoms with van der Waals surface area (Å²) in [7, 11) is 3.67. The molecule has 1 heterocycles. The quantitative estimate of drug-likeness (QED) is 0.851. The maximum atomic E-state index is 10.7. The van der Waals surface area contributed by atoms with Crippen LogP contribution in [0.3, 0.4) is 0 Å². The Hall–Kier alpha value is -0.870. The van der Waals surface area contributed by atoms with Crippen molar-refractivity contribution in [2.75, 3.05) is 7.11 Å². The van der Waals surface area contributed by atoms with Crippen LogP contribution in [0.5, 0.6) is 0 Å². The van der Waals surface area contributed by atoms with Crippen molar-refractivity contribution in [2.45, 2.75) is 63.6 Å². The third kappa shape index (κ3) is 3.18. The molecule has 0 amide bonds. The fraction of sp³-hybridized carbons (Fsp3) is 0.800. The van der Waals surface area contributed by atoms with Crippen LogP contribution in [0.2, 0.25) is 0 Å². The highest BCUT2D eigenvalue weighted by Crippen LogP contribution is 2.34. The molecule has 1 aliphatic carbocycles. The Morgan fingerprint density at radius 3 is 2.47 bits per heavy atom. The van der Waals surface area contributed by atoms with Crippen molar-refractivity contribution in [1.29, 1.82) is 0 Å². The summed E-state index contributed by atoms with van der Waals surface area (Å²) in [6.07, 6.45) is 6.88. The van der Waals surface area contributed by atoms with Gasteiger partial charge >= 0.3 is 0 Å². The van der Waals surface area contributed by atoms with E-state index in [0.29, 0.717) is 6.42 Å². The largest absolute Gasteiger partial charge is 0.390 e. The molecule has 0 aromatic carbocycles. The zero-order chi connectivity index (χ0) is 13.9. The van der Waals surface area contributed by atoms with Gasteiger partial charge in [0.2, 0.25) is 0 Å². The molecule has 1 aromatic rings. The van der Waals surface area contributed by atoms with E-state index in [1.165, 1.54) is 12.8 Å². The van der Waals surface area contributed by atoms with Crippen molar-refractivity contribution in [3.8, 4) is 0 Å². The molecular weight excluding hydrogens is 240 g/mol. The van der Waals surface area contributed by atoms with Crippen LogP contribution >= 0.6 is 0 Å². The summed E-state index contributed by atoms with van der Waals surface area (Å²) >= 11 is 0. The van der Waals surface area contributed by atoms with Crippen molar-refractivity contribution < 1.29 is 9.84 Å². The van der Waals surface area contributed by atoms with Crippen LogP contribution in [-0.2, 0) is 18.2 Å². The highest BCUT2D eigenvalue weighted by Gasteiger charge is 2.38. The van der Waals surface area contributed by atoms with Crippen LogP contribution in [-0.4, -0.2) is 33.7 Å². The van der Waals surface area contributed by atoms with E-state index in [4.69, 9.17) is 4.74 Å². The number of hydrogen-bond donors (Lipinski definition) is 1. The zero-order valence-corrected chi connectivity index (χ0v) is 12.4. The summed E-state index contributed by atoms with van der Waals surface area (Å²) in [4.78, 5) is 0. The molecule has 1 fully saturated rings. The van der Waals surface area contributed by atoms with Crippen molar-refractivity contribution in [3.63, 3.8) is 0 Å². The first-order chi connectivity index (χ1) is 9.07. The smallest absolute Gasteiger partial charge is 0.0940 e. The second-order valence-corrected chi connectivity index (χ2v) is 5.80. The lowest BCUT2D eigenvalue weighted by Crippen LogP contribution is -2.45. The minimum atomic E-state index is -0.453. The molecule has 1 aromatic heterocycles. The zero-order valence-electron chi connectivity index (χ0n) is 12.4. The van der Waals surface area contributed by atoms with Crippen molar-refractivity contribution in [2.24, 2.45) is 7.05 Å². The predicted octanol–water partition coefficient (Wildman–Crippen LogP) is 2.37. The number of aliphatic hydroxyl groups excluding tert-OH is 1. The van der Waals surface area contributed by atoms with Gasteiger partial charge in [0.15, 0.2) is 0 Å². The molecule has 1 saturated carbocycles. The molecule has 0 aliphatic heterocycles. The topological polar surface area (TPSA) is 47.3 Å². The van der Waals surface area contributed by atoms with E-state index >= 15 is 0 Å². The number of rotatable bonds is 4. The summed E-state index contributed by atoms with van der Waals surface area (Å²) in [5.74, 6) is 0. The van der Waals surface area contributed by atoms with Gasteiger partial charge in [-0.3, -0.25) is 4.68 Å². The summed E-state index contributed by atoms with van der Waals surface area (Å²) in [6.45, 7) is 1.98. The van der Waals surface area contributed by atoms with Gasteiger partial charge in [-0.25, -0.2) is 0 Å². The number of nitrogens with zero attached hydrogens (tertiary/aromatic N) is 2. The molecule has 19 heavy (non-hydrogen) atoms. The van der Waals surface area contributed by atoms with Gasteiger partial charge in [-0.15, -0.1) is 0 Å². The van der Waals surface area contributed by atoms with E-state index in [-0.39, 0.29) is 5.60 Å². The maximum Gasteiger partial charge on any atom is 0.0940 e. The highest BCUT2D eigenvalue weighted by molar-refractivity contribution is 5.11. The average Bonchev–Trinajstić information content (AvgIpc) is 2.59. The van der Waals surface area contributed by atoms with E-state index < -0.39 is 6.10 Å². The van der Waals surface area contributed by atoms with Gasteiger partial charge in [0, 0.05) is 26.3 Å². The minimum absolute atomic E-state index is 0.366. The normalized spacial score (nSPS) is 21.1. The Kier molecular flexibility index (Phi) is 4.63. The molecule has 1 aliphatic rings. The molecule has 2 rings (SSSR count). The monoisotopic (exact) mass is 266 g/mol. The summed E-state index contributed by atoms with van der Waals surface area (Å²) in [5, 5.41) is 15.0. The first-order valence-electron chi connectivity index (χ1n) is 7.30. The van der Waals surface area contributed by atoms with Gasteiger partial charge < -0.3 is 9.84 Å². The molecule has 1 atom stereocenters. The van der Waals surface area contributed by atoms with E-state index in [1.807, 2.05) is 24.7 Å². The molecule has 0 saturated heterocycles. The van der Waals surface area contributed by atoms with Gasteiger partial charge in [0.1, 0.15) is 0 Å². The Labute approximate surface area is 115 Å². The Morgan fingerprint density at radius 1 is 1.37 bits per heavy atom. The lowest BCUT2D eigenvalue weighted by Gasteiger charge is -2.36. The first-order valence-corrected chi connectivity index (χ1v) is 7.30. The van der Waals surface area contributed by atoms with Crippen LogP contribution in [0.25, 0.3) is 0 Å². The van der Waals surface area contributed by atoms with Gasteiger partial charge in [-0.2, -0.15) is 5.10 Å². The molecular formula is C15H26N2O2. The standard InChI is InChI=1S/C15H26N2O2/c1-12-10-13(17(2)16-12)11-14(18)15(19-3)8-6-4-5-7-9-15/h10,14,18H,4-9,11H2,1-3H3. The molecule has 4 nitrogen and oxygen atoms in total. The molecule has 1 N–H and O–H groups in total. The van der Waals surface area contributed by atoms with Crippen LogP contribution in [0.15, 0.2) is 6.07 Å². The first kappa shape index (κ1) is 14.5. The predicted molar refractivity (Wildman–Crippen MR) is 75.1 cm³/mol. The SMILES string of the molecule is COC1(C(O)Cc2cc(C)nn2C)CCCCCC1. The van der Waals surface area contributed by atoms with Crippen LogP contribution < -0.4 is 0 Å². The Balaban J connectivity index is 2.11. The van der Waals surface area contributed by atoms with Crippen molar-refractivity contribution >= 4 is 0 Å². The number of ether oxygens (including phenoxy) is 1. The summed E-state index contributed by atoms with van der Waals surface area (Å²) < 4.78 is 7.62. The molecule has 0 bridgehead atoms. The number of hydrogen-bond acceptors (Lipinski definition) is 3. The highest BCUT2D eigenvalue weighted by atomic mass is 16.5. The molecule has 0 radical (unpaired) electrons. The minimum Gasteiger partial charge on any atom is -0.390 e. The third-order valence-electron chi connectivity index (χ3n) is 4.47. The molecule has 108 valence electrons. The number of methoxy groups -OCH3 is 1. The number of aryl methyl sites for hydroxylation is 2. The fourth-order valence-corrected chi connectivity index (χ4v) is 3.24. The maximum absolute atomic E-state index is 10.7. The summed E-state index contributed by atoms with van der Waals surface area (Å²) in [6, 6.07) is 2.04. The Morgan fingerprint density at radius 2 is 2.00 bits per heavy atom. The van der Waals surface area contributed by atoms with E-state index in [1.54, 1.807) is 7.11 Å². The van der Waals surface area contributed by atoms with E-state index in [0.717, 1.165) is 37.1 Å². The Bertz CT molecular complexity index is 406. The number of aliphatic hydroxyl groups is 1. The number of aromatic nitrogens is 2. The van der Waals surface area contributed by atoms with E-state index in [2.05, 4.69) is 5.10 Å². The van der Waals surface area contributed by atoms with Gasteiger partial charge in [-0.05, 0) is 25.8 Å². The fourth-order valence-electron chi connectivity index (χ4n) is 3.24. The second-order valence-electron chi connectivity index (χ2n) is 5.80.